The van der Waals surface area contributed by atoms with Crippen LogP contribution in [-0.4, -0.2) is 158 Å². The highest BCUT2D eigenvalue weighted by Gasteiger charge is 2.44. The number of halogens is 6. The molecule has 444 valence electrons. The van der Waals surface area contributed by atoms with Crippen molar-refractivity contribution in [1.29, 1.82) is 0 Å². The summed E-state index contributed by atoms with van der Waals surface area (Å²) in [4.78, 5) is 91.8. The number of anilines is 2. The fourth-order valence-electron chi connectivity index (χ4n) is 11.2. The van der Waals surface area contributed by atoms with Gasteiger partial charge in [-0.1, -0.05) is 36.4 Å². The summed E-state index contributed by atoms with van der Waals surface area (Å²) in [7, 11) is 1.61. The first-order chi connectivity index (χ1) is 38.0. The molecule has 3 saturated heterocycles. The molecule has 4 aromatic carbocycles. The summed E-state index contributed by atoms with van der Waals surface area (Å²) < 4.78 is 56.7. The first kappa shape index (κ1) is 65.0. The van der Waals surface area contributed by atoms with Crippen LogP contribution in [0.15, 0.2) is 78.9 Å². The van der Waals surface area contributed by atoms with Crippen molar-refractivity contribution in [2.75, 3.05) is 83.4 Å². The lowest BCUT2D eigenvalue weighted by atomic mass is 9.90. The minimum Gasteiger partial charge on any atom is -0.381 e. The fourth-order valence-corrected chi connectivity index (χ4v) is 11.2. The molecule has 82 heavy (non-hydrogen) atoms. The summed E-state index contributed by atoms with van der Waals surface area (Å²) in [6.45, 7) is 11.6. The minimum absolute atomic E-state index is 0. The molecule has 0 saturated carbocycles. The number of ether oxygens (including phenoxy) is 2. The number of piperazine rings is 1. The fraction of sp³-hybridized carbons (Fsp3) is 0.448. The van der Waals surface area contributed by atoms with Gasteiger partial charge in [-0.25, -0.2) is 13.2 Å². The van der Waals surface area contributed by atoms with E-state index in [0.29, 0.717) is 87.4 Å². The molecule has 4 aliphatic heterocycles. The number of carbonyl (C=O) groups is 6. The van der Waals surface area contributed by atoms with E-state index in [0.717, 1.165) is 35.9 Å². The number of carbonyl (C=O) groups excluding carboxylic acids is 6. The van der Waals surface area contributed by atoms with E-state index in [1.807, 2.05) is 18.2 Å². The second kappa shape index (κ2) is 28.9. The Bertz CT molecular complexity index is 3090. The molecular formula is C58H72Cl3F3N10O8. The van der Waals surface area contributed by atoms with Gasteiger partial charge in [0.15, 0.2) is 0 Å². The van der Waals surface area contributed by atoms with Crippen molar-refractivity contribution in [3.8, 4) is 0 Å². The van der Waals surface area contributed by atoms with E-state index >= 15 is 8.78 Å². The number of aryl methyl sites for hydroxylation is 1. The summed E-state index contributed by atoms with van der Waals surface area (Å²) in [6, 6.07) is 16.7. The number of nitrogens with zero attached hydrogens (tertiary/aromatic N) is 4. The highest BCUT2D eigenvalue weighted by atomic mass is 35.5. The molecular weight excluding hydrogens is 1130 g/mol. The first-order valence-corrected chi connectivity index (χ1v) is 27.0. The highest BCUT2D eigenvalue weighted by molar-refractivity contribution is 6.09. The number of aromatic nitrogens is 1. The molecule has 18 nitrogen and oxygen atoms in total. The van der Waals surface area contributed by atoms with Crippen molar-refractivity contribution in [3.05, 3.63) is 130 Å². The van der Waals surface area contributed by atoms with Gasteiger partial charge in [0, 0.05) is 75.1 Å². The molecule has 3 fully saturated rings. The van der Waals surface area contributed by atoms with Crippen molar-refractivity contribution >= 4 is 94.9 Å². The molecule has 0 bridgehead atoms. The Labute approximate surface area is 493 Å². The van der Waals surface area contributed by atoms with Crippen molar-refractivity contribution in [1.82, 2.24) is 40.5 Å². The predicted octanol–water partition coefficient (Wildman–Crippen LogP) is 6.16. The summed E-state index contributed by atoms with van der Waals surface area (Å²) in [5.41, 5.74) is 3.00. The van der Waals surface area contributed by atoms with Gasteiger partial charge < -0.3 is 46.3 Å². The Morgan fingerprint density at radius 2 is 1.54 bits per heavy atom. The van der Waals surface area contributed by atoms with Crippen LogP contribution in [0.3, 0.4) is 0 Å². The summed E-state index contributed by atoms with van der Waals surface area (Å²) >= 11 is 0. The molecule has 0 spiro atoms. The van der Waals surface area contributed by atoms with Crippen LogP contribution in [0, 0.1) is 30.3 Å². The summed E-state index contributed by atoms with van der Waals surface area (Å²) in [5.74, 6) is -6.46. The molecule has 1 aromatic heterocycles. The second-order valence-corrected chi connectivity index (χ2v) is 21.2. The van der Waals surface area contributed by atoms with Crippen LogP contribution in [0.5, 0.6) is 0 Å². The standard InChI is InChI=1S/C58H69F3N10O8.3ClH/c1-33-28-69(43(26-63-33)30-68-19-22-79-32-34(68)2)31-50(73)71-48-24-38(23-37-9-13-41(59)14-10-37)11-16-44(48)35(3)53(71)56(75)64-27-49(72)65-42-15-12-40-29-70(54(45(40)25-42)57(76)67-52-46(60)7-6-8-47(52)61)58(77)51(39-17-20-78-21-18-39)66-55(74)36(4)62-5;;;/h6-16,24-25,33-34,36,39,43,51,54,62-63H,17-23,26-32H2,1-5H3,(H,64,75)(H,65,72)(H,66,74)(H,67,76);3*1H/t33-,34-,36?,43-,51+,54+;;;/m1.../s1. The monoisotopic (exact) mass is 1200 g/mol. The number of fused-ring (bicyclic) bond motifs is 2. The van der Waals surface area contributed by atoms with Crippen molar-refractivity contribution in [2.24, 2.45) is 5.92 Å². The molecule has 24 heteroatoms. The molecule has 5 heterocycles. The summed E-state index contributed by atoms with van der Waals surface area (Å²) in [6.07, 6.45) is 1.32. The van der Waals surface area contributed by atoms with Gasteiger partial charge in [-0.05, 0) is 130 Å². The van der Waals surface area contributed by atoms with Gasteiger partial charge in [0.2, 0.25) is 23.6 Å². The third kappa shape index (κ3) is 14.8. The van der Waals surface area contributed by atoms with Gasteiger partial charge >= 0.3 is 0 Å². The Balaban J connectivity index is 0.00000360. The molecule has 5 amide bonds. The molecule has 6 N–H and O–H groups in total. The van der Waals surface area contributed by atoms with E-state index in [1.54, 1.807) is 45.2 Å². The number of hydrogen-bond donors (Lipinski definition) is 6. The Hall–Kier alpha value is -6.14. The normalized spacial score (nSPS) is 20.0. The number of hydrogen-bond acceptors (Lipinski definition) is 12. The maximum Gasteiger partial charge on any atom is 0.269 e. The molecule has 5 aromatic rings. The third-order valence-electron chi connectivity index (χ3n) is 15.7. The average Bonchev–Trinajstić information content (AvgIpc) is 4.18. The van der Waals surface area contributed by atoms with E-state index in [9.17, 15) is 33.2 Å². The van der Waals surface area contributed by atoms with Crippen molar-refractivity contribution < 1.29 is 51.4 Å². The topological polar surface area (TPSA) is 208 Å². The maximum atomic E-state index is 15.0. The lowest BCUT2D eigenvalue weighted by Crippen LogP contribution is -2.61. The zero-order valence-electron chi connectivity index (χ0n) is 46.4. The zero-order chi connectivity index (χ0) is 56.1. The zero-order valence-corrected chi connectivity index (χ0v) is 48.8. The molecule has 9 rings (SSSR count). The van der Waals surface area contributed by atoms with Gasteiger partial charge in [-0.3, -0.25) is 43.1 Å². The predicted molar refractivity (Wildman–Crippen MR) is 313 cm³/mol. The number of benzene rings is 4. The number of nitrogens with one attached hydrogen (secondary N) is 6. The van der Waals surface area contributed by atoms with E-state index in [1.165, 1.54) is 27.7 Å². The first-order valence-electron chi connectivity index (χ1n) is 27.0. The molecule has 6 atom stereocenters. The van der Waals surface area contributed by atoms with Crippen LogP contribution < -0.4 is 31.9 Å². The van der Waals surface area contributed by atoms with Gasteiger partial charge in [-0.15, -0.1) is 37.2 Å². The largest absolute Gasteiger partial charge is 0.381 e. The second-order valence-electron chi connectivity index (χ2n) is 21.2. The van der Waals surface area contributed by atoms with E-state index in [-0.39, 0.29) is 103 Å². The number of para-hydroxylation sites is 1. The minimum atomic E-state index is -1.47. The van der Waals surface area contributed by atoms with Crippen LogP contribution in [0.25, 0.3) is 10.9 Å². The van der Waals surface area contributed by atoms with Crippen LogP contribution in [0.1, 0.15) is 82.8 Å². The van der Waals surface area contributed by atoms with E-state index in [2.05, 4.69) is 55.5 Å². The van der Waals surface area contributed by atoms with E-state index < -0.39 is 71.5 Å². The summed E-state index contributed by atoms with van der Waals surface area (Å²) in [5, 5.41) is 17.8. The molecule has 0 radical (unpaired) electrons. The number of likely N-dealkylation sites (N-methyl/N-ethyl adjacent to an activating group) is 1. The molecule has 4 aliphatic rings. The number of rotatable bonds is 17. The lowest BCUT2D eigenvalue weighted by Gasteiger charge is -2.43. The molecule has 1 unspecified atom stereocenters. The Kier molecular flexibility index (Phi) is 22.9. The Morgan fingerprint density at radius 1 is 0.829 bits per heavy atom. The third-order valence-corrected chi connectivity index (χ3v) is 15.7. The van der Waals surface area contributed by atoms with Crippen molar-refractivity contribution in [3.63, 3.8) is 0 Å². The van der Waals surface area contributed by atoms with Crippen molar-refractivity contribution in [2.45, 2.75) is 89.8 Å². The van der Waals surface area contributed by atoms with Crippen LogP contribution in [0.2, 0.25) is 0 Å². The van der Waals surface area contributed by atoms with E-state index in [4.69, 9.17) is 9.47 Å². The smallest absolute Gasteiger partial charge is 0.269 e. The SMILES string of the molecule is CNC(C)C(=O)N[C@H](C(=O)N1Cc2ccc(NC(=O)CNC(=O)c3c(C)c4ccc(Cc5ccc(F)cc5)cc4n3C(=O)CN3C[C@@H](C)NC[C@@H]3CN3CCOC[C@H]3C)cc2[C@H]1C(=O)Nc1c(F)cccc1F)C1CCOCC1.Cl.Cl.Cl. The van der Waals surface area contributed by atoms with Gasteiger partial charge in [0.1, 0.15) is 40.9 Å². The van der Waals surface area contributed by atoms with Crippen LogP contribution >= 0.6 is 37.2 Å². The Morgan fingerprint density at radius 3 is 2.23 bits per heavy atom. The van der Waals surface area contributed by atoms with Gasteiger partial charge in [0.05, 0.1) is 37.9 Å². The van der Waals surface area contributed by atoms with Gasteiger partial charge in [-0.2, -0.15) is 0 Å². The quantitative estimate of drug-likeness (QED) is 0.0620. The number of amides is 5. The number of morpholine rings is 1. The lowest BCUT2D eigenvalue weighted by molar-refractivity contribution is -0.144. The maximum absolute atomic E-state index is 15.0. The van der Waals surface area contributed by atoms with Crippen LogP contribution in [0.4, 0.5) is 24.5 Å². The average molecular weight is 1200 g/mol. The van der Waals surface area contributed by atoms with Crippen LogP contribution in [-0.2, 0) is 41.6 Å². The highest BCUT2D eigenvalue weighted by Crippen LogP contribution is 2.39. The van der Waals surface area contributed by atoms with Gasteiger partial charge in [0.25, 0.3) is 11.8 Å². The molecule has 0 aliphatic carbocycles.